The van der Waals surface area contributed by atoms with Crippen molar-refractivity contribution in [2.45, 2.75) is 6.61 Å². The summed E-state index contributed by atoms with van der Waals surface area (Å²) in [5, 5.41) is 4.32. The molecule has 5 heteroatoms. The molecule has 0 saturated heterocycles. The molecule has 4 nitrogen and oxygen atoms in total. The second-order valence-corrected chi connectivity index (χ2v) is 3.75. The lowest BCUT2D eigenvalue weighted by Crippen LogP contribution is -1.93. The first-order chi connectivity index (χ1) is 6.74. The SMILES string of the molecule is COCc1nn2c(Br)cccc2c1N. The number of rotatable bonds is 2. The maximum atomic E-state index is 5.91. The number of fused-ring (bicyclic) bond motifs is 1. The number of nitrogens with zero attached hydrogens (tertiary/aromatic N) is 2. The Kier molecular flexibility index (Phi) is 2.43. The van der Waals surface area contributed by atoms with Crippen LogP contribution >= 0.6 is 15.9 Å². The number of nitrogens with two attached hydrogens (primary N) is 1. The number of halogens is 1. The van der Waals surface area contributed by atoms with E-state index in [1.165, 1.54) is 0 Å². The Hall–Kier alpha value is -1.07. The highest BCUT2D eigenvalue weighted by Gasteiger charge is 2.09. The van der Waals surface area contributed by atoms with E-state index >= 15 is 0 Å². The third kappa shape index (κ3) is 1.38. The minimum atomic E-state index is 0.431. The molecular weight excluding hydrogens is 246 g/mol. The fourth-order valence-electron chi connectivity index (χ4n) is 1.35. The van der Waals surface area contributed by atoms with Gasteiger partial charge in [0.1, 0.15) is 10.3 Å². The van der Waals surface area contributed by atoms with E-state index in [0.717, 1.165) is 15.8 Å². The molecule has 0 bridgehead atoms. The molecule has 0 spiro atoms. The molecular formula is C9H10BrN3O. The standard InChI is InChI=1S/C9H10BrN3O/c1-14-5-6-9(11)7-3-2-4-8(10)13(7)12-6/h2-4H,5,11H2,1H3. The zero-order valence-electron chi connectivity index (χ0n) is 7.70. The quantitative estimate of drug-likeness (QED) is 0.834. The molecule has 2 heterocycles. The number of aromatic nitrogens is 2. The third-order valence-electron chi connectivity index (χ3n) is 2.01. The molecule has 2 N–H and O–H groups in total. The Labute approximate surface area is 89.8 Å². The number of pyridine rings is 1. The number of ether oxygens (including phenoxy) is 1. The van der Waals surface area contributed by atoms with Crippen LogP contribution in [0.4, 0.5) is 5.69 Å². The Morgan fingerprint density at radius 2 is 2.36 bits per heavy atom. The summed E-state index contributed by atoms with van der Waals surface area (Å²) < 4.78 is 7.64. The molecule has 14 heavy (non-hydrogen) atoms. The average molecular weight is 256 g/mol. The van der Waals surface area contributed by atoms with Gasteiger partial charge >= 0.3 is 0 Å². The molecule has 0 saturated carbocycles. The second-order valence-electron chi connectivity index (χ2n) is 2.94. The molecule has 0 aliphatic carbocycles. The summed E-state index contributed by atoms with van der Waals surface area (Å²) in [6.45, 7) is 0.431. The summed E-state index contributed by atoms with van der Waals surface area (Å²) in [6.07, 6.45) is 0. The summed E-state index contributed by atoms with van der Waals surface area (Å²) >= 11 is 3.40. The van der Waals surface area contributed by atoms with Gasteiger partial charge in [-0.3, -0.25) is 0 Å². The van der Waals surface area contributed by atoms with E-state index in [-0.39, 0.29) is 0 Å². The lowest BCUT2D eigenvalue weighted by atomic mass is 10.3. The molecule has 2 aromatic rings. The third-order valence-corrected chi connectivity index (χ3v) is 2.61. The lowest BCUT2D eigenvalue weighted by Gasteiger charge is -1.94. The first-order valence-electron chi connectivity index (χ1n) is 4.14. The minimum Gasteiger partial charge on any atom is -0.395 e. The van der Waals surface area contributed by atoms with Crippen molar-refractivity contribution in [1.82, 2.24) is 9.61 Å². The number of anilines is 1. The maximum absolute atomic E-state index is 5.91. The van der Waals surface area contributed by atoms with Crippen LogP contribution in [0.2, 0.25) is 0 Å². The van der Waals surface area contributed by atoms with Gasteiger partial charge in [0.2, 0.25) is 0 Å². The van der Waals surface area contributed by atoms with Crippen molar-refractivity contribution >= 4 is 27.1 Å². The summed E-state index contributed by atoms with van der Waals surface area (Å²) in [4.78, 5) is 0. The molecule has 0 aliphatic heterocycles. The summed E-state index contributed by atoms with van der Waals surface area (Å²) in [7, 11) is 1.62. The topological polar surface area (TPSA) is 52.5 Å². The maximum Gasteiger partial charge on any atom is 0.112 e. The van der Waals surface area contributed by atoms with Gasteiger partial charge in [-0.1, -0.05) is 6.07 Å². The summed E-state index contributed by atoms with van der Waals surface area (Å²) in [6, 6.07) is 5.76. The van der Waals surface area contributed by atoms with Crippen LogP contribution in [0.25, 0.3) is 5.52 Å². The second kappa shape index (κ2) is 3.59. The molecule has 2 rings (SSSR count). The molecule has 0 unspecified atom stereocenters. The highest BCUT2D eigenvalue weighted by Crippen LogP contribution is 2.22. The van der Waals surface area contributed by atoms with E-state index in [4.69, 9.17) is 10.5 Å². The molecule has 0 aromatic carbocycles. The van der Waals surface area contributed by atoms with Crippen molar-refractivity contribution in [2.75, 3.05) is 12.8 Å². The van der Waals surface area contributed by atoms with Gasteiger partial charge in [0.15, 0.2) is 0 Å². The van der Waals surface area contributed by atoms with Crippen LogP contribution in [0.15, 0.2) is 22.8 Å². The summed E-state index contributed by atoms with van der Waals surface area (Å²) in [5.41, 5.74) is 8.24. The predicted octanol–water partition coefficient (Wildman–Crippen LogP) is 1.83. The van der Waals surface area contributed by atoms with E-state index in [2.05, 4.69) is 21.0 Å². The number of hydrogen-bond donors (Lipinski definition) is 1. The number of methoxy groups -OCH3 is 1. The van der Waals surface area contributed by atoms with Gasteiger partial charge in [0.25, 0.3) is 0 Å². The normalized spacial score (nSPS) is 11.0. The van der Waals surface area contributed by atoms with Crippen LogP contribution in [0, 0.1) is 0 Å². The van der Waals surface area contributed by atoms with E-state index in [0.29, 0.717) is 12.3 Å². The van der Waals surface area contributed by atoms with Crippen molar-refractivity contribution in [3.8, 4) is 0 Å². The van der Waals surface area contributed by atoms with Crippen LogP contribution in [0.5, 0.6) is 0 Å². The monoisotopic (exact) mass is 255 g/mol. The van der Waals surface area contributed by atoms with E-state index in [1.807, 2.05) is 18.2 Å². The molecule has 0 aliphatic rings. The van der Waals surface area contributed by atoms with Gasteiger partial charge in [0, 0.05) is 7.11 Å². The van der Waals surface area contributed by atoms with Gasteiger partial charge in [-0.25, -0.2) is 4.52 Å². The van der Waals surface area contributed by atoms with Crippen LogP contribution < -0.4 is 5.73 Å². The highest BCUT2D eigenvalue weighted by atomic mass is 79.9. The number of hydrogen-bond acceptors (Lipinski definition) is 3. The Morgan fingerprint density at radius 3 is 3.00 bits per heavy atom. The van der Waals surface area contributed by atoms with Crippen molar-refractivity contribution in [2.24, 2.45) is 0 Å². The molecule has 0 atom stereocenters. The molecule has 0 radical (unpaired) electrons. The van der Waals surface area contributed by atoms with Crippen LogP contribution in [-0.4, -0.2) is 16.7 Å². The zero-order valence-corrected chi connectivity index (χ0v) is 9.28. The first kappa shape index (κ1) is 9.48. The van der Waals surface area contributed by atoms with Crippen molar-refractivity contribution in [3.63, 3.8) is 0 Å². The largest absolute Gasteiger partial charge is 0.395 e. The Bertz CT molecular complexity index is 466. The van der Waals surface area contributed by atoms with Crippen molar-refractivity contribution in [1.29, 1.82) is 0 Å². The lowest BCUT2D eigenvalue weighted by molar-refractivity contribution is 0.181. The minimum absolute atomic E-state index is 0.431. The average Bonchev–Trinajstić information content (AvgIpc) is 2.48. The molecule has 2 aromatic heterocycles. The zero-order chi connectivity index (χ0) is 10.1. The van der Waals surface area contributed by atoms with Gasteiger partial charge in [-0.15, -0.1) is 0 Å². The van der Waals surface area contributed by atoms with E-state index in [9.17, 15) is 0 Å². The fourth-order valence-corrected chi connectivity index (χ4v) is 1.77. The van der Waals surface area contributed by atoms with Crippen molar-refractivity contribution < 1.29 is 4.74 Å². The highest BCUT2D eigenvalue weighted by molar-refractivity contribution is 9.10. The smallest absolute Gasteiger partial charge is 0.112 e. The van der Waals surface area contributed by atoms with Crippen LogP contribution in [0.3, 0.4) is 0 Å². The number of nitrogen functional groups attached to an aromatic ring is 1. The predicted molar refractivity (Wildman–Crippen MR) is 58.0 cm³/mol. The van der Waals surface area contributed by atoms with Crippen LogP contribution in [0.1, 0.15) is 5.69 Å². The first-order valence-corrected chi connectivity index (χ1v) is 4.94. The Morgan fingerprint density at radius 1 is 1.57 bits per heavy atom. The fraction of sp³-hybridized carbons (Fsp3) is 0.222. The van der Waals surface area contributed by atoms with Gasteiger partial charge < -0.3 is 10.5 Å². The Balaban J connectivity index is 2.67. The summed E-state index contributed by atoms with van der Waals surface area (Å²) in [5.74, 6) is 0. The van der Waals surface area contributed by atoms with E-state index in [1.54, 1.807) is 11.6 Å². The van der Waals surface area contributed by atoms with Crippen LogP contribution in [-0.2, 0) is 11.3 Å². The molecule has 74 valence electrons. The molecule has 0 amide bonds. The van der Waals surface area contributed by atoms with Crippen molar-refractivity contribution in [3.05, 3.63) is 28.5 Å². The van der Waals surface area contributed by atoms with Gasteiger partial charge in [-0.2, -0.15) is 5.10 Å². The van der Waals surface area contributed by atoms with Gasteiger partial charge in [0.05, 0.1) is 17.8 Å². The van der Waals surface area contributed by atoms with E-state index < -0.39 is 0 Å². The molecule has 0 fully saturated rings. The van der Waals surface area contributed by atoms with Gasteiger partial charge in [-0.05, 0) is 28.1 Å².